The van der Waals surface area contributed by atoms with Crippen molar-refractivity contribution in [2.24, 2.45) is 0 Å². The van der Waals surface area contributed by atoms with Crippen LogP contribution in [0.2, 0.25) is 0 Å². The van der Waals surface area contributed by atoms with E-state index in [0.717, 1.165) is 19.3 Å². The molecular weight excluding hydrogens is 136 g/mol. The first-order valence-electron chi connectivity index (χ1n) is 3.19. The Morgan fingerprint density at radius 1 is 1.44 bits per heavy atom. The first-order valence-corrected chi connectivity index (χ1v) is 3.57. The molecule has 0 aromatic heterocycles. The predicted molar refractivity (Wildman–Crippen MR) is 37.4 cm³/mol. The van der Waals surface area contributed by atoms with Crippen LogP contribution in [0.4, 0.5) is 0 Å². The second-order valence-electron chi connectivity index (χ2n) is 2.22. The van der Waals surface area contributed by atoms with E-state index in [1.807, 2.05) is 6.08 Å². The van der Waals surface area contributed by atoms with Gasteiger partial charge in [-0.1, -0.05) is 17.7 Å². The van der Waals surface area contributed by atoms with E-state index in [0.29, 0.717) is 11.5 Å². The largest absolute Gasteiger partial charge is 0.293 e. The number of carbonyl (C=O) groups excluding carboxylic acids is 1. The molecule has 0 spiro atoms. The van der Waals surface area contributed by atoms with Crippen LogP contribution in [0.5, 0.6) is 0 Å². The average Bonchev–Trinajstić information content (AvgIpc) is 1.99. The number of rotatable bonds is 0. The molecule has 50 valence electrons. The van der Waals surface area contributed by atoms with Gasteiger partial charge in [-0.15, -0.1) is 0 Å². The Kier molecular flexibility index (Phi) is 2.29. The van der Waals surface area contributed by atoms with Gasteiger partial charge in [-0.25, -0.2) is 0 Å². The summed E-state index contributed by atoms with van der Waals surface area (Å²) in [5.74, 6) is 0.106. The molecule has 0 heterocycles. The molecule has 0 N–H and O–H groups in total. The molecular formula is C7H9ClO. The van der Waals surface area contributed by atoms with Gasteiger partial charge in [0.1, 0.15) is 0 Å². The topological polar surface area (TPSA) is 17.1 Å². The number of halogens is 1. The molecule has 0 saturated heterocycles. The SMILES string of the molecule is O=C1CCCCC=C1Cl. The smallest absolute Gasteiger partial charge is 0.173 e. The lowest BCUT2D eigenvalue weighted by Crippen LogP contribution is -1.93. The zero-order chi connectivity index (χ0) is 6.69. The molecule has 0 aliphatic heterocycles. The van der Waals surface area contributed by atoms with Crippen molar-refractivity contribution in [3.05, 3.63) is 11.1 Å². The van der Waals surface area contributed by atoms with Crippen LogP contribution in [-0.2, 0) is 4.79 Å². The molecule has 0 aromatic rings. The van der Waals surface area contributed by atoms with Crippen molar-refractivity contribution in [1.29, 1.82) is 0 Å². The minimum Gasteiger partial charge on any atom is -0.293 e. The van der Waals surface area contributed by atoms with Gasteiger partial charge in [0.15, 0.2) is 5.78 Å². The molecule has 0 saturated carbocycles. The van der Waals surface area contributed by atoms with E-state index in [4.69, 9.17) is 11.6 Å². The van der Waals surface area contributed by atoms with E-state index in [9.17, 15) is 4.79 Å². The molecule has 1 aliphatic rings. The fourth-order valence-electron chi connectivity index (χ4n) is 0.892. The summed E-state index contributed by atoms with van der Waals surface area (Å²) >= 11 is 5.58. The minimum atomic E-state index is 0.106. The van der Waals surface area contributed by atoms with Gasteiger partial charge in [0.25, 0.3) is 0 Å². The van der Waals surface area contributed by atoms with Crippen LogP contribution in [0.15, 0.2) is 11.1 Å². The van der Waals surface area contributed by atoms with E-state index in [2.05, 4.69) is 0 Å². The summed E-state index contributed by atoms with van der Waals surface area (Å²) in [5, 5.41) is 0.438. The normalized spacial score (nSPS) is 21.0. The third-order valence-electron chi connectivity index (χ3n) is 1.45. The van der Waals surface area contributed by atoms with Crippen molar-refractivity contribution in [2.45, 2.75) is 25.7 Å². The van der Waals surface area contributed by atoms with Crippen LogP contribution in [0, 0.1) is 0 Å². The van der Waals surface area contributed by atoms with Crippen LogP contribution in [0.25, 0.3) is 0 Å². The zero-order valence-corrected chi connectivity index (χ0v) is 5.95. The van der Waals surface area contributed by atoms with Crippen molar-refractivity contribution in [2.75, 3.05) is 0 Å². The fraction of sp³-hybridized carbons (Fsp3) is 0.571. The molecule has 0 fully saturated rings. The summed E-state index contributed by atoms with van der Waals surface area (Å²) in [6, 6.07) is 0. The number of hydrogen-bond donors (Lipinski definition) is 0. The number of carbonyl (C=O) groups is 1. The maximum Gasteiger partial charge on any atom is 0.173 e. The van der Waals surface area contributed by atoms with E-state index < -0.39 is 0 Å². The Morgan fingerprint density at radius 2 is 2.22 bits per heavy atom. The number of hydrogen-bond acceptors (Lipinski definition) is 1. The molecule has 0 aromatic carbocycles. The molecule has 0 bridgehead atoms. The maximum absolute atomic E-state index is 10.8. The molecule has 1 rings (SSSR count). The molecule has 0 radical (unpaired) electrons. The standard InChI is InChI=1S/C7H9ClO/c8-6-4-2-1-3-5-7(6)9/h4H,1-3,5H2. The molecule has 9 heavy (non-hydrogen) atoms. The van der Waals surface area contributed by atoms with E-state index >= 15 is 0 Å². The van der Waals surface area contributed by atoms with E-state index in [1.165, 1.54) is 0 Å². The van der Waals surface area contributed by atoms with E-state index in [1.54, 1.807) is 0 Å². The highest BCUT2D eigenvalue weighted by atomic mass is 35.5. The van der Waals surface area contributed by atoms with Crippen LogP contribution in [0.1, 0.15) is 25.7 Å². The monoisotopic (exact) mass is 144 g/mol. The van der Waals surface area contributed by atoms with Crippen molar-refractivity contribution < 1.29 is 4.79 Å². The maximum atomic E-state index is 10.8. The van der Waals surface area contributed by atoms with Crippen LogP contribution < -0.4 is 0 Å². The number of ketones is 1. The summed E-state index contributed by atoms with van der Waals surface area (Å²) in [4.78, 5) is 10.8. The average molecular weight is 145 g/mol. The van der Waals surface area contributed by atoms with Gasteiger partial charge in [0.2, 0.25) is 0 Å². The lowest BCUT2D eigenvalue weighted by molar-refractivity contribution is -0.115. The summed E-state index contributed by atoms with van der Waals surface area (Å²) < 4.78 is 0. The predicted octanol–water partition coefficient (Wildman–Crippen LogP) is 2.25. The van der Waals surface area contributed by atoms with Crippen LogP contribution in [0.3, 0.4) is 0 Å². The van der Waals surface area contributed by atoms with Crippen molar-refractivity contribution in [3.63, 3.8) is 0 Å². The van der Waals surface area contributed by atoms with Crippen LogP contribution >= 0.6 is 11.6 Å². The molecule has 2 heteroatoms. The van der Waals surface area contributed by atoms with Gasteiger partial charge in [-0.3, -0.25) is 4.79 Å². The third-order valence-corrected chi connectivity index (χ3v) is 1.81. The Hall–Kier alpha value is -0.300. The Balaban J connectivity index is 2.61. The lowest BCUT2D eigenvalue weighted by Gasteiger charge is -1.89. The lowest BCUT2D eigenvalue weighted by atomic mass is 10.2. The Bertz CT molecular complexity index is 149. The highest BCUT2D eigenvalue weighted by molar-refractivity contribution is 6.42. The van der Waals surface area contributed by atoms with Crippen molar-refractivity contribution in [3.8, 4) is 0 Å². The zero-order valence-electron chi connectivity index (χ0n) is 5.19. The second-order valence-corrected chi connectivity index (χ2v) is 2.63. The quantitative estimate of drug-likeness (QED) is 0.510. The highest BCUT2D eigenvalue weighted by Crippen LogP contribution is 2.16. The van der Waals surface area contributed by atoms with Crippen molar-refractivity contribution >= 4 is 17.4 Å². The fourth-order valence-corrected chi connectivity index (χ4v) is 1.10. The van der Waals surface area contributed by atoms with Gasteiger partial charge in [0.05, 0.1) is 5.03 Å². The Labute approximate surface area is 59.7 Å². The number of Topliss-reactive ketones (excluding diaryl/α,β-unsaturated/α-hetero) is 1. The summed E-state index contributed by atoms with van der Waals surface area (Å²) in [6.07, 6.45) is 5.50. The summed E-state index contributed by atoms with van der Waals surface area (Å²) in [6.45, 7) is 0. The minimum absolute atomic E-state index is 0.106. The molecule has 1 aliphatic carbocycles. The number of allylic oxidation sites excluding steroid dienone is 2. The highest BCUT2D eigenvalue weighted by Gasteiger charge is 2.08. The Morgan fingerprint density at radius 3 is 3.00 bits per heavy atom. The van der Waals surface area contributed by atoms with Gasteiger partial charge in [-0.2, -0.15) is 0 Å². The second kappa shape index (κ2) is 3.02. The first-order chi connectivity index (χ1) is 4.30. The van der Waals surface area contributed by atoms with Crippen LogP contribution in [-0.4, -0.2) is 5.78 Å². The van der Waals surface area contributed by atoms with Gasteiger partial charge in [-0.05, 0) is 19.3 Å². The first kappa shape index (κ1) is 6.81. The third kappa shape index (κ3) is 1.83. The molecule has 0 atom stereocenters. The van der Waals surface area contributed by atoms with Gasteiger partial charge in [0, 0.05) is 6.42 Å². The molecule has 0 unspecified atom stereocenters. The summed E-state index contributed by atoms with van der Waals surface area (Å²) in [5.41, 5.74) is 0. The molecule has 0 amide bonds. The van der Waals surface area contributed by atoms with E-state index in [-0.39, 0.29) is 5.78 Å². The molecule has 1 nitrogen and oxygen atoms in total. The van der Waals surface area contributed by atoms with Crippen molar-refractivity contribution in [1.82, 2.24) is 0 Å². The summed E-state index contributed by atoms with van der Waals surface area (Å²) in [7, 11) is 0. The van der Waals surface area contributed by atoms with Gasteiger partial charge < -0.3 is 0 Å². The van der Waals surface area contributed by atoms with Gasteiger partial charge >= 0.3 is 0 Å².